The predicted octanol–water partition coefficient (Wildman–Crippen LogP) is 0.593. The molecule has 0 atom stereocenters. The third-order valence-corrected chi connectivity index (χ3v) is 2.52. The summed E-state index contributed by atoms with van der Waals surface area (Å²) in [5, 5.41) is 7.51. The second-order valence-electron chi connectivity index (χ2n) is 4.18. The van der Waals surface area contributed by atoms with Gasteiger partial charge in [0.25, 0.3) is 0 Å². The zero-order chi connectivity index (χ0) is 13.7. The van der Waals surface area contributed by atoms with E-state index in [0.717, 1.165) is 18.7 Å². The molecular weight excluding hydrogens is 244 g/mol. The van der Waals surface area contributed by atoms with E-state index in [1.807, 2.05) is 19.3 Å². The van der Waals surface area contributed by atoms with E-state index in [1.54, 1.807) is 17.9 Å². The lowest BCUT2D eigenvalue weighted by molar-refractivity contribution is 0.178. The molecule has 0 aliphatic carbocycles. The Morgan fingerprint density at radius 1 is 1.42 bits per heavy atom. The van der Waals surface area contributed by atoms with Gasteiger partial charge in [-0.05, 0) is 6.07 Å². The molecule has 7 heteroatoms. The number of nitrogens with one attached hydrogen (secondary N) is 1. The molecule has 0 radical (unpaired) electrons. The maximum Gasteiger partial charge on any atom is 0.158 e. The summed E-state index contributed by atoms with van der Waals surface area (Å²) in [6.45, 7) is 1.08. The predicted molar refractivity (Wildman–Crippen MR) is 72.6 cm³/mol. The van der Waals surface area contributed by atoms with Gasteiger partial charge >= 0.3 is 0 Å². The first-order valence-electron chi connectivity index (χ1n) is 6.02. The molecule has 0 fully saturated rings. The lowest BCUT2D eigenvalue weighted by atomic mass is 10.3. The topological polar surface area (TPSA) is 90.9 Å². The molecule has 0 saturated carbocycles. The highest BCUT2D eigenvalue weighted by Gasteiger charge is 2.03. The summed E-state index contributed by atoms with van der Waals surface area (Å²) in [6.07, 6.45) is 2.75. The fourth-order valence-electron chi connectivity index (χ4n) is 1.72. The standard InChI is InChI=1S/C12H18N6O/c1-18-6-4-9(17-18)3-5-14-11-7-10(13)15-12(16-11)8-19-2/h4,6-7H,3,5,8H2,1-2H3,(H3,13,14,15,16). The summed E-state index contributed by atoms with van der Waals surface area (Å²) in [6, 6.07) is 3.70. The van der Waals surface area contributed by atoms with Crippen LogP contribution in [-0.2, 0) is 24.8 Å². The Hall–Kier alpha value is -2.15. The van der Waals surface area contributed by atoms with Crippen molar-refractivity contribution in [2.24, 2.45) is 7.05 Å². The minimum atomic E-state index is 0.347. The number of rotatable bonds is 6. The largest absolute Gasteiger partial charge is 0.384 e. The van der Waals surface area contributed by atoms with E-state index in [-0.39, 0.29) is 0 Å². The van der Waals surface area contributed by atoms with Crippen LogP contribution in [0.3, 0.4) is 0 Å². The van der Waals surface area contributed by atoms with E-state index in [2.05, 4.69) is 20.4 Å². The average Bonchev–Trinajstić information content (AvgIpc) is 2.75. The number of anilines is 2. The molecule has 2 heterocycles. The maximum atomic E-state index is 5.71. The van der Waals surface area contributed by atoms with E-state index >= 15 is 0 Å². The highest BCUT2D eigenvalue weighted by Crippen LogP contribution is 2.09. The zero-order valence-corrected chi connectivity index (χ0v) is 11.1. The number of methoxy groups -OCH3 is 1. The van der Waals surface area contributed by atoms with E-state index in [4.69, 9.17) is 10.5 Å². The first kappa shape index (κ1) is 13.3. The van der Waals surface area contributed by atoms with Gasteiger partial charge in [0.15, 0.2) is 5.82 Å². The van der Waals surface area contributed by atoms with Crippen LogP contribution in [0, 0.1) is 0 Å². The molecule has 0 aromatic carbocycles. The Morgan fingerprint density at radius 2 is 2.26 bits per heavy atom. The third kappa shape index (κ3) is 3.92. The maximum absolute atomic E-state index is 5.71. The van der Waals surface area contributed by atoms with Crippen LogP contribution in [0.25, 0.3) is 0 Å². The van der Waals surface area contributed by atoms with E-state index < -0.39 is 0 Å². The van der Waals surface area contributed by atoms with Crippen LogP contribution in [0.2, 0.25) is 0 Å². The van der Waals surface area contributed by atoms with Crippen molar-refractivity contribution in [3.8, 4) is 0 Å². The van der Waals surface area contributed by atoms with Crippen LogP contribution in [0.15, 0.2) is 18.3 Å². The summed E-state index contributed by atoms with van der Waals surface area (Å²) < 4.78 is 6.78. The SMILES string of the molecule is COCc1nc(N)cc(NCCc2ccn(C)n2)n1. The molecule has 2 rings (SSSR count). The van der Waals surface area contributed by atoms with Crippen molar-refractivity contribution in [3.63, 3.8) is 0 Å². The Labute approximate surface area is 111 Å². The van der Waals surface area contributed by atoms with Crippen molar-refractivity contribution < 1.29 is 4.74 Å². The minimum Gasteiger partial charge on any atom is -0.384 e. The van der Waals surface area contributed by atoms with E-state index in [9.17, 15) is 0 Å². The molecule has 0 aliphatic heterocycles. The second-order valence-corrected chi connectivity index (χ2v) is 4.18. The van der Waals surface area contributed by atoms with Crippen LogP contribution in [0.5, 0.6) is 0 Å². The van der Waals surface area contributed by atoms with Gasteiger partial charge in [-0.2, -0.15) is 5.10 Å². The lowest BCUT2D eigenvalue weighted by Gasteiger charge is -2.07. The molecule has 102 valence electrons. The number of ether oxygens (including phenoxy) is 1. The molecule has 3 N–H and O–H groups in total. The van der Waals surface area contributed by atoms with Gasteiger partial charge in [0.1, 0.15) is 18.2 Å². The number of aryl methyl sites for hydroxylation is 1. The number of aromatic nitrogens is 4. The zero-order valence-electron chi connectivity index (χ0n) is 11.1. The molecule has 2 aromatic rings. The molecule has 0 saturated heterocycles. The first-order chi connectivity index (χ1) is 9.17. The summed E-state index contributed by atoms with van der Waals surface area (Å²) >= 11 is 0. The van der Waals surface area contributed by atoms with Crippen LogP contribution >= 0.6 is 0 Å². The second kappa shape index (κ2) is 6.14. The molecule has 2 aromatic heterocycles. The third-order valence-electron chi connectivity index (χ3n) is 2.52. The van der Waals surface area contributed by atoms with E-state index in [0.29, 0.717) is 24.1 Å². The number of hydrogen-bond donors (Lipinski definition) is 2. The summed E-state index contributed by atoms with van der Waals surface area (Å²) in [5.41, 5.74) is 6.75. The quantitative estimate of drug-likeness (QED) is 0.792. The van der Waals surface area contributed by atoms with Gasteiger partial charge < -0.3 is 15.8 Å². The van der Waals surface area contributed by atoms with Crippen molar-refractivity contribution in [2.45, 2.75) is 13.0 Å². The summed E-state index contributed by atoms with van der Waals surface area (Å²) in [4.78, 5) is 8.39. The van der Waals surface area contributed by atoms with Gasteiger partial charge in [-0.1, -0.05) is 0 Å². The van der Waals surface area contributed by atoms with Gasteiger partial charge in [-0.3, -0.25) is 4.68 Å². The van der Waals surface area contributed by atoms with Crippen LogP contribution in [0.1, 0.15) is 11.5 Å². The summed E-state index contributed by atoms with van der Waals surface area (Å²) in [5.74, 6) is 1.71. The molecule has 0 bridgehead atoms. The molecule has 0 spiro atoms. The van der Waals surface area contributed by atoms with Crippen molar-refractivity contribution in [1.29, 1.82) is 0 Å². The first-order valence-corrected chi connectivity index (χ1v) is 6.02. The smallest absolute Gasteiger partial charge is 0.158 e. The fourth-order valence-corrected chi connectivity index (χ4v) is 1.72. The Balaban J connectivity index is 1.91. The number of nitrogens with two attached hydrogens (primary N) is 1. The molecule has 0 unspecified atom stereocenters. The Bertz CT molecular complexity index is 539. The van der Waals surface area contributed by atoms with Gasteiger partial charge in [-0.15, -0.1) is 0 Å². The molecule has 19 heavy (non-hydrogen) atoms. The molecule has 0 amide bonds. The number of nitrogen functional groups attached to an aromatic ring is 1. The average molecular weight is 262 g/mol. The Kier molecular flexibility index (Phi) is 4.30. The van der Waals surface area contributed by atoms with Gasteiger partial charge in [0, 0.05) is 39.4 Å². The van der Waals surface area contributed by atoms with Crippen molar-refractivity contribution in [1.82, 2.24) is 19.7 Å². The fraction of sp³-hybridized carbons (Fsp3) is 0.417. The van der Waals surface area contributed by atoms with Crippen LogP contribution in [0.4, 0.5) is 11.6 Å². The normalized spacial score (nSPS) is 10.6. The highest BCUT2D eigenvalue weighted by atomic mass is 16.5. The van der Waals surface area contributed by atoms with Crippen LogP contribution < -0.4 is 11.1 Å². The van der Waals surface area contributed by atoms with Gasteiger partial charge in [-0.25, -0.2) is 9.97 Å². The summed E-state index contributed by atoms with van der Waals surface area (Å²) in [7, 11) is 3.50. The molecule has 7 nitrogen and oxygen atoms in total. The Morgan fingerprint density at radius 3 is 2.95 bits per heavy atom. The van der Waals surface area contributed by atoms with Crippen molar-refractivity contribution >= 4 is 11.6 Å². The highest BCUT2D eigenvalue weighted by molar-refractivity contribution is 5.44. The molecule has 0 aliphatic rings. The number of nitrogens with zero attached hydrogens (tertiary/aromatic N) is 4. The lowest BCUT2D eigenvalue weighted by Crippen LogP contribution is -2.10. The van der Waals surface area contributed by atoms with E-state index in [1.165, 1.54) is 0 Å². The minimum absolute atomic E-state index is 0.347. The van der Waals surface area contributed by atoms with Gasteiger partial charge in [0.05, 0.1) is 5.69 Å². The van der Waals surface area contributed by atoms with Crippen molar-refractivity contribution in [3.05, 3.63) is 29.8 Å². The van der Waals surface area contributed by atoms with Crippen molar-refractivity contribution in [2.75, 3.05) is 24.7 Å². The van der Waals surface area contributed by atoms with Crippen LogP contribution in [-0.4, -0.2) is 33.4 Å². The monoisotopic (exact) mass is 262 g/mol. The number of hydrogen-bond acceptors (Lipinski definition) is 6. The van der Waals surface area contributed by atoms with Gasteiger partial charge in [0.2, 0.25) is 0 Å². The molecular formula is C12H18N6O.